The molecule has 0 saturated carbocycles. The van der Waals surface area contributed by atoms with E-state index < -0.39 is 0 Å². The van der Waals surface area contributed by atoms with Gasteiger partial charge < -0.3 is 10.5 Å². The number of aliphatic imine (C=N–C) groups is 1. The highest BCUT2D eigenvalue weighted by Gasteiger charge is 2.08. The Morgan fingerprint density at radius 2 is 2.19 bits per heavy atom. The number of ether oxygens (including phenoxy) is 1. The zero-order chi connectivity index (χ0) is 15.5. The monoisotopic (exact) mass is 291 g/mol. The molecule has 0 aliphatic carbocycles. The molecular weight excluding hydrogens is 266 g/mol. The highest BCUT2D eigenvalue weighted by Crippen LogP contribution is 2.20. The largest absolute Gasteiger partial charge is 0.468 e. The number of unbranched alkanes of at least 4 members (excludes halogenated alkanes) is 1. The van der Waals surface area contributed by atoms with E-state index in [9.17, 15) is 4.79 Å². The van der Waals surface area contributed by atoms with E-state index in [1.54, 1.807) is 0 Å². The van der Waals surface area contributed by atoms with Gasteiger partial charge in [-0.2, -0.15) is 0 Å². The smallest absolute Gasteiger partial charge is 0.293 e. The first-order valence-electron chi connectivity index (χ1n) is 7.32. The fourth-order valence-corrected chi connectivity index (χ4v) is 1.96. The minimum absolute atomic E-state index is 0.482. The minimum Gasteiger partial charge on any atom is -0.468 e. The Bertz CT molecular complexity index is 461. The number of carbonyl (C=O) groups is 1. The molecule has 0 bridgehead atoms. The fourth-order valence-electron chi connectivity index (χ4n) is 1.96. The van der Waals surface area contributed by atoms with Gasteiger partial charge in [-0.1, -0.05) is 31.5 Å². The molecule has 0 fully saturated rings. The minimum atomic E-state index is 0.482. The molecule has 116 valence electrons. The maximum Gasteiger partial charge on any atom is 0.293 e. The zero-order valence-electron chi connectivity index (χ0n) is 12.9. The van der Waals surface area contributed by atoms with Gasteiger partial charge in [-0.3, -0.25) is 9.69 Å². The maximum atomic E-state index is 9.46. The van der Waals surface area contributed by atoms with Crippen molar-refractivity contribution in [3.8, 4) is 0 Å². The lowest BCUT2D eigenvalue weighted by molar-refractivity contribution is -0.128. The summed E-state index contributed by atoms with van der Waals surface area (Å²) in [5, 5.41) is 0. The predicted molar refractivity (Wildman–Crippen MR) is 85.8 cm³/mol. The van der Waals surface area contributed by atoms with E-state index in [1.807, 2.05) is 25.1 Å². The number of carbonyl (C=O) groups excluding carboxylic acids is 1. The van der Waals surface area contributed by atoms with E-state index in [0.717, 1.165) is 38.0 Å². The molecule has 1 aliphatic heterocycles. The number of nitrogens with two attached hydrogens (primary N) is 1. The van der Waals surface area contributed by atoms with Gasteiger partial charge >= 0.3 is 0 Å². The molecule has 2 N–H and O–H groups in total. The topological polar surface area (TPSA) is 67.9 Å². The standard InChI is InChI=1S/C11H15N3.C5H10O2/c1-14-7-6-9-4-2-3-5-10(9)13-11(12)8-14;1-2-3-4-7-5-6/h2-5H,6-8H2,1H3,(H2,12,13);5H,2-4H2,1H3. The summed E-state index contributed by atoms with van der Waals surface area (Å²) in [6.45, 7) is 4.89. The highest BCUT2D eigenvalue weighted by molar-refractivity contribution is 5.85. The van der Waals surface area contributed by atoms with Crippen molar-refractivity contribution in [2.45, 2.75) is 26.2 Å². The van der Waals surface area contributed by atoms with Gasteiger partial charge in [0.2, 0.25) is 0 Å². The van der Waals surface area contributed by atoms with Crippen molar-refractivity contribution in [2.24, 2.45) is 10.7 Å². The quantitative estimate of drug-likeness (QED) is 0.681. The van der Waals surface area contributed by atoms with E-state index >= 15 is 0 Å². The van der Waals surface area contributed by atoms with Gasteiger partial charge in [0.1, 0.15) is 5.84 Å². The van der Waals surface area contributed by atoms with Crippen LogP contribution in [0.5, 0.6) is 0 Å². The summed E-state index contributed by atoms with van der Waals surface area (Å²) in [6.07, 6.45) is 3.09. The second-order valence-electron chi connectivity index (χ2n) is 5.04. The van der Waals surface area contributed by atoms with Gasteiger partial charge in [0.05, 0.1) is 18.8 Å². The van der Waals surface area contributed by atoms with Crippen LogP contribution >= 0.6 is 0 Å². The van der Waals surface area contributed by atoms with Gasteiger partial charge in [-0.15, -0.1) is 0 Å². The molecule has 5 heteroatoms. The van der Waals surface area contributed by atoms with E-state index in [2.05, 4.69) is 27.7 Å². The third-order valence-corrected chi connectivity index (χ3v) is 3.13. The zero-order valence-corrected chi connectivity index (χ0v) is 12.9. The van der Waals surface area contributed by atoms with E-state index in [4.69, 9.17) is 5.73 Å². The molecule has 0 amide bonds. The van der Waals surface area contributed by atoms with Crippen LogP contribution in [0, 0.1) is 0 Å². The summed E-state index contributed by atoms with van der Waals surface area (Å²) in [5.74, 6) is 0.694. The number of rotatable bonds is 4. The fraction of sp³-hybridized carbons (Fsp3) is 0.500. The molecule has 1 aromatic rings. The molecule has 0 atom stereocenters. The number of hydrogen-bond donors (Lipinski definition) is 1. The molecule has 21 heavy (non-hydrogen) atoms. The van der Waals surface area contributed by atoms with Crippen LogP contribution in [0.15, 0.2) is 29.3 Å². The van der Waals surface area contributed by atoms with Gasteiger partial charge in [0.25, 0.3) is 6.47 Å². The van der Waals surface area contributed by atoms with E-state index in [-0.39, 0.29) is 0 Å². The lowest BCUT2D eigenvalue weighted by atomic mass is 10.1. The Hall–Kier alpha value is -1.88. The van der Waals surface area contributed by atoms with Crippen LogP contribution in [0.2, 0.25) is 0 Å². The van der Waals surface area contributed by atoms with Crippen LogP contribution in [0.1, 0.15) is 25.3 Å². The second kappa shape index (κ2) is 9.94. The van der Waals surface area contributed by atoms with Gasteiger partial charge in [0.15, 0.2) is 0 Å². The summed E-state index contributed by atoms with van der Waals surface area (Å²) >= 11 is 0. The lowest BCUT2D eigenvalue weighted by Crippen LogP contribution is -2.33. The second-order valence-corrected chi connectivity index (χ2v) is 5.04. The molecule has 1 aliphatic rings. The summed E-state index contributed by atoms with van der Waals surface area (Å²) < 4.78 is 4.39. The lowest BCUT2D eigenvalue weighted by Gasteiger charge is -2.19. The van der Waals surface area contributed by atoms with Gasteiger partial charge in [-0.05, 0) is 31.5 Å². The Labute approximate surface area is 126 Å². The maximum absolute atomic E-state index is 9.46. The molecule has 0 radical (unpaired) electrons. The first-order chi connectivity index (χ1) is 10.2. The van der Waals surface area contributed by atoms with Crippen molar-refractivity contribution in [1.82, 2.24) is 4.90 Å². The SMILES string of the molecule is CCCCOC=O.CN1CCc2ccccc2N=C(N)C1. The van der Waals surface area contributed by atoms with Gasteiger partial charge in [0, 0.05) is 6.54 Å². The third kappa shape index (κ3) is 6.90. The highest BCUT2D eigenvalue weighted by atomic mass is 16.5. The van der Waals surface area contributed by atoms with Crippen LogP contribution in [-0.4, -0.2) is 44.0 Å². The molecule has 0 unspecified atom stereocenters. The van der Waals surface area contributed by atoms with Crippen LogP contribution in [0.3, 0.4) is 0 Å². The van der Waals surface area contributed by atoms with Crippen molar-refractivity contribution in [1.29, 1.82) is 0 Å². The van der Waals surface area contributed by atoms with Crippen molar-refractivity contribution in [3.05, 3.63) is 29.8 Å². The first kappa shape index (κ1) is 17.2. The number of amidine groups is 1. The van der Waals surface area contributed by atoms with Crippen molar-refractivity contribution < 1.29 is 9.53 Å². The van der Waals surface area contributed by atoms with Crippen LogP contribution in [0.25, 0.3) is 0 Å². The number of likely N-dealkylation sites (N-methyl/N-ethyl adjacent to an activating group) is 1. The number of benzene rings is 1. The molecule has 1 aromatic carbocycles. The average molecular weight is 291 g/mol. The molecular formula is C16H25N3O2. The van der Waals surface area contributed by atoms with Crippen LogP contribution < -0.4 is 5.73 Å². The van der Waals surface area contributed by atoms with E-state index in [1.165, 1.54) is 5.56 Å². The number of fused-ring (bicyclic) bond motifs is 1. The Balaban J connectivity index is 0.000000270. The molecule has 2 rings (SSSR count). The Kier molecular flexibility index (Phi) is 8.12. The number of nitrogens with zero attached hydrogens (tertiary/aromatic N) is 2. The van der Waals surface area contributed by atoms with Crippen molar-refractivity contribution >= 4 is 18.0 Å². The number of hydrogen-bond acceptors (Lipinski definition) is 5. The summed E-state index contributed by atoms with van der Waals surface area (Å²) in [6, 6.07) is 8.19. The van der Waals surface area contributed by atoms with E-state index in [0.29, 0.717) is 18.9 Å². The first-order valence-corrected chi connectivity index (χ1v) is 7.32. The molecule has 0 saturated heterocycles. The number of para-hydroxylation sites is 1. The van der Waals surface area contributed by atoms with Crippen molar-refractivity contribution in [3.63, 3.8) is 0 Å². The predicted octanol–water partition coefficient (Wildman–Crippen LogP) is 2.12. The summed E-state index contributed by atoms with van der Waals surface area (Å²) in [7, 11) is 2.07. The van der Waals surface area contributed by atoms with Crippen molar-refractivity contribution in [2.75, 3.05) is 26.7 Å². The molecule has 5 nitrogen and oxygen atoms in total. The average Bonchev–Trinajstić information content (AvgIpc) is 2.46. The summed E-state index contributed by atoms with van der Waals surface area (Å²) in [4.78, 5) is 16.0. The van der Waals surface area contributed by atoms with Crippen LogP contribution in [-0.2, 0) is 16.0 Å². The Morgan fingerprint density at radius 3 is 2.90 bits per heavy atom. The normalized spacial score (nSPS) is 14.7. The van der Waals surface area contributed by atoms with Gasteiger partial charge in [-0.25, -0.2) is 4.99 Å². The summed E-state index contributed by atoms with van der Waals surface area (Å²) in [5.41, 5.74) is 8.12. The molecule has 0 aromatic heterocycles. The Morgan fingerprint density at radius 1 is 1.43 bits per heavy atom. The molecule has 0 spiro atoms. The third-order valence-electron chi connectivity index (χ3n) is 3.13. The van der Waals surface area contributed by atoms with Crippen LogP contribution in [0.4, 0.5) is 5.69 Å². The molecule has 1 heterocycles.